The lowest BCUT2D eigenvalue weighted by molar-refractivity contribution is -0.161. The molecule has 0 aromatic carbocycles. The number of ether oxygens (including phenoxy) is 2. The maximum Gasteiger partial charge on any atom is 0.410 e. The second-order valence-corrected chi connectivity index (χ2v) is 5.69. The largest absolute Gasteiger partial charge is 0.462 e. The van der Waals surface area contributed by atoms with Crippen molar-refractivity contribution in [1.82, 2.24) is 4.90 Å². The Labute approximate surface area is 120 Å². The van der Waals surface area contributed by atoms with Gasteiger partial charge in [-0.15, -0.1) is 0 Å². The Hall–Kier alpha value is -1.52. The zero-order chi connectivity index (χ0) is 15.2. The summed E-state index contributed by atoms with van der Waals surface area (Å²) in [5.74, 6) is -0.160. The zero-order valence-corrected chi connectivity index (χ0v) is 12.7. The minimum absolute atomic E-state index is 0.100. The fraction of sp³-hybridized carbons (Fsp3) is 0.733. The van der Waals surface area contributed by atoms with Crippen LogP contribution in [0.25, 0.3) is 0 Å². The van der Waals surface area contributed by atoms with Crippen molar-refractivity contribution < 1.29 is 19.1 Å². The highest BCUT2D eigenvalue weighted by Crippen LogP contribution is 2.24. The highest BCUT2D eigenvalue weighted by atomic mass is 16.6. The first-order valence-electron chi connectivity index (χ1n) is 7.14. The molecule has 1 heterocycles. The van der Waals surface area contributed by atoms with Gasteiger partial charge in [-0.25, -0.2) is 4.79 Å². The van der Waals surface area contributed by atoms with Gasteiger partial charge in [-0.2, -0.15) is 0 Å². The summed E-state index contributed by atoms with van der Waals surface area (Å²) in [5, 5.41) is 0. The first-order chi connectivity index (χ1) is 9.40. The lowest BCUT2D eigenvalue weighted by Crippen LogP contribution is -2.42. The molecule has 20 heavy (non-hydrogen) atoms. The van der Waals surface area contributed by atoms with Crippen molar-refractivity contribution in [3.05, 3.63) is 12.7 Å². The first kappa shape index (κ1) is 16.5. The number of carbonyl (C=O) groups excluding carboxylic acids is 2. The van der Waals surface area contributed by atoms with Crippen LogP contribution in [0.15, 0.2) is 12.7 Å². The number of hydrogen-bond acceptors (Lipinski definition) is 4. The maximum absolute atomic E-state index is 12.0. The van der Waals surface area contributed by atoms with E-state index in [9.17, 15) is 9.59 Å². The SMILES string of the molecule is C=CCOC(=O)N1CCC(OC(=O)C(C)(C)CC)CC1. The fourth-order valence-electron chi connectivity index (χ4n) is 1.83. The van der Waals surface area contributed by atoms with E-state index in [0.29, 0.717) is 25.9 Å². The second kappa shape index (κ2) is 7.31. The lowest BCUT2D eigenvalue weighted by atomic mass is 9.90. The third-order valence-corrected chi connectivity index (χ3v) is 3.74. The third-order valence-electron chi connectivity index (χ3n) is 3.74. The van der Waals surface area contributed by atoms with E-state index in [-0.39, 0.29) is 24.8 Å². The number of hydrogen-bond donors (Lipinski definition) is 0. The summed E-state index contributed by atoms with van der Waals surface area (Å²) in [4.78, 5) is 25.3. The van der Waals surface area contributed by atoms with Gasteiger partial charge in [0.2, 0.25) is 0 Å². The maximum atomic E-state index is 12.0. The number of nitrogens with zero attached hydrogens (tertiary/aromatic N) is 1. The molecule has 5 heteroatoms. The molecule has 0 spiro atoms. The van der Waals surface area contributed by atoms with Crippen molar-refractivity contribution in [2.45, 2.75) is 46.1 Å². The van der Waals surface area contributed by atoms with E-state index in [4.69, 9.17) is 9.47 Å². The Kier molecular flexibility index (Phi) is 6.05. The zero-order valence-electron chi connectivity index (χ0n) is 12.7. The van der Waals surface area contributed by atoms with Gasteiger partial charge >= 0.3 is 12.1 Å². The minimum Gasteiger partial charge on any atom is -0.462 e. The van der Waals surface area contributed by atoms with Crippen molar-refractivity contribution in [1.29, 1.82) is 0 Å². The van der Waals surface area contributed by atoms with Crippen LogP contribution in [-0.4, -0.2) is 42.8 Å². The molecule has 0 bridgehead atoms. The molecule has 1 saturated heterocycles. The quantitative estimate of drug-likeness (QED) is 0.575. The van der Waals surface area contributed by atoms with E-state index in [1.165, 1.54) is 0 Å². The molecule has 1 amide bonds. The molecule has 114 valence electrons. The van der Waals surface area contributed by atoms with Gasteiger partial charge in [0, 0.05) is 25.9 Å². The Morgan fingerprint density at radius 2 is 1.95 bits per heavy atom. The molecule has 0 aliphatic carbocycles. The predicted octanol–water partition coefficient (Wildman–Crippen LogP) is 2.75. The van der Waals surface area contributed by atoms with Crippen LogP contribution in [-0.2, 0) is 14.3 Å². The second-order valence-electron chi connectivity index (χ2n) is 5.69. The predicted molar refractivity (Wildman–Crippen MR) is 76.3 cm³/mol. The van der Waals surface area contributed by atoms with Crippen LogP contribution >= 0.6 is 0 Å². The third kappa shape index (κ3) is 4.54. The van der Waals surface area contributed by atoms with Crippen LogP contribution in [0.5, 0.6) is 0 Å². The van der Waals surface area contributed by atoms with E-state index in [1.54, 1.807) is 11.0 Å². The number of amides is 1. The fourth-order valence-corrected chi connectivity index (χ4v) is 1.83. The number of esters is 1. The molecule has 0 unspecified atom stereocenters. The van der Waals surface area contributed by atoms with Gasteiger partial charge in [-0.1, -0.05) is 19.6 Å². The molecule has 5 nitrogen and oxygen atoms in total. The molecular weight excluding hydrogens is 258 g/mol. The van der Waals surface area contributed by atoms with Gasteiger partial charge in [-0.05, 0) is 20.3 Å². The molecule has 1 aliphatic rings. The average Bonchev–Trinajstić information content (AvgIpc) is 2.45. The van der Waals surface area contributed by atoms with Crippen molar-refractivity contribution in [2.75, 3.05) is 19.7 Å². The molecule has 0 atom stereocenters. The molecule has 0 aromatic heterocycles. The summed E-state index contributed by atoms with van der Waals surface area (Å²) in [6.07, 6.45) is 3.18. The molecule has 0 N–H and O–H groups in total. The van der Waals surface area contributed by atoms with E-state index < -0.39 is 5.41 Å². The topological polar surface area (TPSA) is 55.8 Å². The smallest absolute Gasteiger partial charge is 0.410 e. The highest BCUT2D eigenvalue weighted by Gasteiger charge is 2.32. The number of piperidine rings is 1. The Morgan fingerprint density at radius 3 is 2.45 bits per heavy atom. The summed E-state index contributed by atoms with van der Waals surface area (Å²) in [6.45, 7) is 10.6. The summed E-state index contributed by atoms with van der Waals surface area (Å²) in [7, 11) is 0. The summed E-state index contributed by atoms with van der Waals surface area (Å²) in [6, 6.07) is 0. The van der Waals surface area contributed by atoms with Crippen molar-refractivity contribution in [3.63, 3.8) is 0 Å². The first-order valence-corrected chi connectivity index (χ1v) is 7.14. The number of rotatable bonds is 5. The summed E-state index contributed by atoms with van der Waals surface area (Å²) < 4.78 is 10.5. The highest BCUT2D eigenvalue weighted by molar-refractivity contribution is 5.76. The van der Waals surface area contributed by atoms with Gasteiger partial charge in [0.05, 0.1) is 5.41 Å². The van der Waals surface area contributed by atoms with Crippen LogP contribution in [0.2, 0.25) is 0 Å². The molecule has 0 radical (unpaired) electrons. The van der Waals surface area contributed by atoms with Gasteiger partial charge in [-0.3, -0.25) is 4.79 Å². The van der Waals surface area contributed by atoms with Crippen LogP contribution < -0.4 is 0 Å². The Bertz CT molecular complexity index is 357. The summed E-state index contributed by atoms with van der Waals surface area (Å²) >= 11 is 0. The standard InChI is InChI=1S/C15H25NO4/c1-5-11-19-14(18)16-9-7-12(8-10-16)20-13(17)15(3,4)6-2/h5,12H,1,6-11H2,2-4H3. The number of likely N-dealkylation sites (tertiary alicyclic amines) is 1. The van der Waals surface area contributed by atoms with Crippen molar-refractivity contribution in [2.24, 2.45) is 5.41 Å². The lowest BCUT2D eigenvalue weighted by Gasteiger charge is -2.32. The van der Waals surface area contributed by atoms with Gasteiger partial charge in [0.25, 0.3) is 0 Å². The minimum atomic E-state index is -0.444. The molecule has 0 aromatic rings. The Balaban J connectivity index is 2.37. The van der Waals surface area contributed by atoms with Crippen LogP contribution in [0.1, 0.15) is 40.0 Å². The molecule has 1 rings (SSSR count). The van der Waals surface area contributed by atoms with Gasteiger partial charge in [0.15, 0.2) is 0 Å². The van der Waals surface area contributed by atoms with Crippen LogP contribution in [0.4, 0.5) is 4.79 Å². The van der Waals surface area contributed by atoms with Crippen LogP contribution in [0.3, 0.4) is 0 Å². The van der Waals surface area contributed by atoms with Gasteiger partial charge < -0.3 is 14.4 Å². The molecule has 1 fully saturated rings. The van der Waals surface area contributed by atoms with E-state index in [2.05, 4.69) is 6.58 Å². The van der Waals surface area contributed by atoms with Gasteiger partial charge in [0.1, 0.15) is 12.7 Å². The summed E-state index contributed by atoms with van der Waals surface area (Å²) in [5.41, 5.74) is -0.444. The van der Waals surface area contributed by atoms with E-state index in [0.717, 1.165) is 6.42 Å². The normalized spacial score (nSPS) is 16.6. The molecular formula is C15H25NO4. The number of carbonyl (C=O) groups is 2. The Morgan fingerprint density at radius 1 is 1.35 bits per heavy atom. The van der Waals surface area contributed by atoms with E-state index >= 15 is 0 Å². The van der Waals surface area contributed by atoms with Crippen molar-refractivity contribution >= 4 is 12.1 Å². The molecule has 0 saturated carbocycles. The van der Waals surface area contributed by atoms with E-state index in [1.807, 2.05) is 20.8 Å². The van der Waals surface area contributed by atoms with Crippen molar-refractivity contribution in [3.8, 4) is 0 Å². The van der Waals surface area contributed by atoms with Crippen LogP contribution in [0, 0.1) is 5.41 Å². The molecule has 1 aliphatic heterocycles. The monoisotopic (exact) mass is 283 g/mol. The average molecular weight is 283 g/mol.